The van der Waals surface area contributed by atoms with E-state index in [1.54, 1.807) is 19.3 Å². The highest BCUT2D eigenvalue weighted by Crippen LogP contribution is 2.18. The van der Waals surface area contributed by atoms with Crippen LogP contribution in [0.5, 0.6) is 0 Å². The molecule has 2 atom stereocenters. The van der Waals surface area contributed by atoms with Crippen molar-refractivity contribution in [2.24, 2.45) is 0 Å². The summed E-state index contributed by atoms with van der Waals surface area (Å²) in [6.07, 6.45) is 2.13. The van der Waals surface area contributed by atoms with E-state index in [0.717, 1.165) is 11.1 Å². The number of hydrogen-bond acceptors (Lipinski definition) is 3. The molecule has 1 heterocycles. The molecule has 0 radical (unpaired) electrons. The Hall–Kier alpha value is -0.800. The first-order chi connectivity index (χ1) is 5.59. The van der Waals surface area contributed by atoms with Gasteiger partial charge < -0.3 is 14.6 Å². The second kappa shape index (κ2) is 3.74. The maximum absolute atomic E-state index is 9.14. The highest BCUT2D eigenvalue weighted by atomic mass is 16.7. The summed E-state index contributed by atoms with van der Waals surface area (Å²) in [5.41, 5.74) is 1.85. The summed E-state index contributed by atoms with van der Waals surface area (Å²) < 4.78 is 10.2. The SMILES string of the molecule is CC(C)=COC1C=C(C)C(O)O1. The molecule has 0 aromatic carbocycles. The van der Waals surface area contributed by atoms with E-state index in [9.17, 15) is 0 Å². The van der Waals surface area contributed by atoms with E-state index in [1.165, 1.54) is 0 Å². The maximum Gasteiger partial charge on any atom is 0.221 e. The highest BCUT2D eigenvalue weighted by molar-refractivity contribution is 5.08. The Kier molecular flexibility index (Phi) is 2.89. The van der Waals surface area contributed by atoms with Gasteiger partial charge in [-0.2, -0.15) is 0 Å². The summed E-state index contributed by atoms with van der Waals surface area (Å²) in [7, 11) is 0. The van der Waals surface area contributed by atoms with Crippen molar-refractivity contribution in [3.8, 4) is 0 Å². The minimum absolute atomic E-state index is 0.435. The maximum atomic E-state index is 9.14. The molecular formula is C9H14O3. The van der Waals surface area contributed by atoms with E-state index in [2.05, 4.69) is 0 Å². The van der Waals surface area contributed by atoms with Gasteiger partial charge in [0.2, 0.25) is 6.29 Å². The number of aliphatic hydroxyl groups is 1. The number of allylic oxidation sites excluding steroid dienone is 1. The zero-order valence-electron chi connectivity index (χ0n) is 7.57. The fraction of sp³-hybridized carbons (Fsp3) is 0.556. The van der Waals surface area contributed by atoms with Crippen molar-refractivity contribution in [3.05, 3.63) is 23.5 Å². The molecule has 1 N–H and O–H groups in total. The van der Waals surface area contributed by atoms with Crippen LogP contribution in [0.15, 0.2) is 23.5 Å². The largest absolute Gasteiger partial charge is 0.469 e. The summed E-state index contributed by atoms with van der Waals surface area (Å²) >= 11 is 0. The van der Waals surface area contributed by atoms with E-state index < -0.39 is 12.6 Å². The molecule has 0 fully saturated rings. The van der Waals surface area contributed by atoms with Crippen molar-refractivity contribution < 1.29 is 14.6 Å². The first kappa shape index (κ1) is 9.29. The van der Waals surface area contributed by atoms with Crippen molar-refractivity contribution in [1.82, 2.24) is 0 Å². The van der Waals surface area contributed by atoms with Crippen LogP contribution in [-0.4, -0.2) is 17.7 Å². The Morgan fingerprint density at radius 2 is 2.33 bits per heavy atom. The smallest absolute Gasteiger partial charge is 0.221 e. The molecule has 1 aliphatic heterocycles. The molecule has 0 spiro atoms. The molecule has 0 saturated carbocycles. The second-order valence-electron chi connectivity index (χ2n) is 3.10. The van der Waals surface area contributed by atoms with E-state index in [0.29, 0.717) is 0 Å². The molecule has 3 heteroatoms. The molecule has 0 amide bonds. The topological polar surface area (TPSA) is 38.7 Å². The summed E-state index contributed by atoms with van der Waals surface area (Å²) in [6.45, 7) is 5.67. The minimum atomic E-state index is -0.805. The molecule has 1 aliphatic rings. The molecular weight excluding hydrogens is 156 g/mol. The van der Waals surface area contributed by atoms with Crippen molar-refractivity contribution in [1.29, 1.82) is 0 Å². The lowest BCUT2D eigenvalue weighted by molar-refractivity contribution is -0.154. The lowest BCUT2D eigenvalue weighted by atomic mass is 10.3. The standard InChI is InChI=1S/C9H14O3/c1-6(2)5-11-8-4-7(3)9(10)12-8/h4-5,8-10H,1-3H3. The third-order valence-electron chi connectivity index (χ3n) is 1.49. The Labute approximate surface area is 72.3 Å². The van der Waals surface area contributed by atoms with Gasteiger partial charge >= 0.3 is 0 Å². The lowest BCUT2D eigenvalue weighted by Gasteiger charge is -2.09. The summed E-state index contributed by atoms with van der Waals surface area (Å²) in [6, 6.07) is 0. The second-order valence-corrected chi connectivity index (χ2v) is 3.10. The molecule has 2 unspecified atom stereocenters. The van der Waals surface area contributed by atoms with Crippen molar-refractivity contribution in [3.63, 3.8) is 0 Å². The number of rotatable bonds is 2. The zero-order valence-corrected chi connectivity index (χ0v) is 7.57. The predicted octanol–water partition coefficient (Wildman–Crippen LogP) is 1.55. The normalized spacial score (nSPS) is 28.2. The van der Waals surface area contributed by atoms with Crippen molar-refractivity contribution in [2.45, 2.75) is 33.4 Å². The Morgan fingerprint density at radius 3 is 2.75 bits per heavy atom. The quantitative estimate of drug-likeness (QED) is 0.504. The van der Waals surface area contributed by atoms with Crippen LogP contribution in [0.1, 0.15) is 20.8 Å². The molecule has 1 rings (SSSR count). The van der Waals surface area contributed by atoms with Gasteiger partial charge in [0.25, 0.3) is 0 Å². The van der Waals surface area contributed by atoms with E-state index in [-0.39, 0.29) is 0 Å². The van der Waals surface area contributed by atoms with Crippen LogP contribution in [0.4, 0.5) is 0 Å². The Morgan fingerprint density at radius 1 is 1.67 bits per heavy atom. The number of hydrogen-bond donors (Lipinski definition) is 1. The third kappa shape index (κ3) is 2.36. The highest BCUT2D eigenvalue weighted by Gasteiger charge is 2.22. The molecule has 12 heavy (non-hydrogen) atoms. The molecule has 0 bridgehead atoms. The van der Waals surface area contributed by atoms with Gasteiger partial charge in [-0.15, -0.1) is 0 Å². The minimum Gasteiger partial charge on any atom is -0.469 e. The van der Waals surface area contributed by atoms with Gasteiger partial charge in [0.1, 0.15) is 0 Å². The molecule has 0 aromatic rings. The van der Waals surface area contributed by atoms with Gasteiger partial charge in [0, 0.05) is 0 Å². The first-order valence-electron chi connectivity index (χ1n) is 3.90. The van der Waals surface area contributed by atoms with Crippen LogP contribution in [-0.2, 0) is 9.47 Å². The van der Waals surface area contributed by atoms with E-state index in [4.69, 9.17) is 14.6 Å². The molecule has 0 aromatic heterocycles. The average Bonchev–Trinajstić information content (AvgIpc) is 2.28. The summed E-state index contributed by atoms with van der Waals surface area (Å²) in [5, 5.41) is 9.14. The van der Waals surface area contributed by atoms with Crippen LogP contribution in [0.2, 0.25) is 0 Å². The van der Waals surface area contributed by atoms with Gasteiger partial charge in [-0.1, -0.05) is 0 Å². The van der Waals surface area contributed by atoms with Gasteiger partial charge in [-0.05, 0) is 38.0 Å². The van der Waals surface area contributed by atoms with E-state index in [1.807, 2.05) is 13.8 Å². The lowest BCUT2D eigenvalue weighted by Crippen LogP contribution is -2.13. The van der Waals surface area contributed by atoms with E-state index >= 15 is 0 Å². The predicted molar refractivity (Wildman–Crippen MR) is 45.2 cm³/mol. The average molecular weight is 170 g/mol. The van der Waals surface area contributed by atoms with Crippen LogP contribution >= 0.6 is 0 Å². The number of ether oxygens (including phenoxy) is 2. The number of aliphatic hydroxyl groups excluding tert-OH is 1. The van der Waals surface area contributed by atoms with Crippen LogP contribution in [0, 0.1) is 0 Å². The summed E-state index contributed by atoms with van der Waals surface area (Å²) in [5.74, 6) is 0. The van der Waals surface area contributed by atoms with Crippen molar-refractivity contribution in [2.75, 3.05) is 0 Å². The monoisotopic (exact) mass is 170 g/mol. The van der Waals surface area contributed by atoms with Gasteiger partial charge in [-0.25, -0.2) is 0 Å². The third-order valence-corrected chi connectivity index (χ3v) is 1.49. The first-order valence-corrected chi connectivity index (χ1v) is 3.90. The summed E-state index contributed by atoms with van der Waals surface area (Å²) in [4.78, 5) is 0. The Bertz CT molecular complexity index is 214. The van der Waals surface area contributed by atoms with Crippen LogP contribution in [0.3, 0.4) is 0 Å². The Balaban J connectivity index is 2.43. The van der Waals surface area contributed by atoms with Crippen LogP contribution < -0.4 is 0 Å². The molecule has 68 valence electrons. The van der Waals surface area contributed by atoms with Gasteiger partial charge in [0.05, 0.1) is 6.26 Å². The zero-order chi connectivity index (χ0) is 9.14. The van der Waals surface area contributed by atoms with Crippen LogP contribution in [0.25, 0.3) is 0 Å². The fourth-order valence-electron chi connectivity index (χ4n) is 0.845. The van der Waals surface area contributed by atoms with Gasteiger partial charge in [-0.3, -0.25) is 0 Å². The van der Waals surface area contributed by atoms with Crippen molar-refractivity contribution >= 4 is 0 Å². The van der Waals surface area contributed by atoms with Gasteiger partial charge in [0.15, 0.2) is 6.29 Å². The molecule has 3 nitrogen and oxygen atoms in total. The fourth-order valence-corrected chi connectivity index (χ4v) is 0.845. The molecule has 0 saturated heterocycles. The molecule has 0 aliphatic carbocycles.